The summed E-state index contributed by atoms with van der Waals surface area (Å²) in [6.07, 6.45) is 3.60. The molecule has 3 rings (SSSR count). The van der Waals surface area contributed by atoms with Crippen LogP contribution in [-0.4, -0.2) is 17.5 Å². The Morgan fingerprint density at radius 1 is 1.19 bits per heavy atom. The van der Waals surface area contributed by atoms with Crippen LogP contribution in [-0.2, 0) is 11.3 Å². The Labute approximate surface area is 157 Å². The van der Waals surface area contributed by atoms with Gasteiger partial charge in [0.2, 0.25) is 0 Å². The number of ether oxygens (including phenoxy) is 1. The standard InChI is InChI=1S/C21H22N2O2S/c1-15(2)17-5-7-19(8-6-17)25-14-21(24)23-12-16-10-18(13-22-11-16)20-4-3-9-26-20/h3-11,13,15H,12,14H2,1-2H3,(H,23,24). The third-order valence-corrected chi connectivity index (χ3v) is 4.93. The van der Waals surface area contributed by atoms with Crippen LogP contribution < -0.4 is 10.1 Å². The number of nitrogens with one attached hydrogen (secondary N) is 1. The number of carbonyl (C=O) groups excluding carboxylic acids is 1. The van der Waals surface area contributed by atoms with E-state index in [9.17, 15) is 4.79 Å². The Morgan fingerprint density at radius 3 is 2.69 bits per heavy atom. The molecule has 0 fully saturated rings. The maximum absolute atomic E-state index is 12.0. The molecule has 0 bridgehead atoms. The van der Waals surface area contributed by atoms with Gasteiger partial charge in [-0.15, -0.1) is 11.3 Å². The van der Waals surface area contributed by atoms with Crippen LogP contribution in [0.1, 0.15) is 30.9 Å². The number of benzene rings is 1. The lowest BCUT2D eigenvalue weighted by Gasteiger charge is -2.10. The van der Waals surface area contributed by atoms with Crippen molar-refractivity contribution < 1.29 is 9.53 Å². The van der Waals surface area contributed by atoms with Crippen LogP contribution in [0.4, 0.5) is 0 Å². The highest BCUT2D eigenvalue weighted by Crippen LogP contribution is 2.24. The number of carbonyl (C=O) groups is 1. The molecule has 4 nitrogen and oxygen atoms in total. The number of nitrogens with zero attached hydrogens (tertiary/aromatic N) is 1. The van der Waals surface area contributed by atoms with Crippen molar-refractivity contribution in [3.05, 3.63) is 71.4 Å². The number of thiophene rings is 1. The van der Waals surface area contributed by atoms with Crippen LogP contribution in [0.25, 0.3) is 10.4 Å². The molecule has 1 N–H and O–H groups in total. The van der Waals surface area contributed by atoms with Crippen molar-refractivity contribution in [2.75, 3.05) is 6.61 Å². The van der Waals surface area contributed by atoms with Gasteiger partial charge in [-0.25, -0.2) is 0 Å². The van der Waals surface area contributed by atoms with Crippen LogP contribution in [0, 0.1) is 0 Å². The van der Waals surface area contributed by atoms with Crippen molar-refractivity contribution in [1.82, 2.24) is 10.3 Å². The number of amides is 1. The molecular formula is C21H22N2O2S. The molecule has 134 valence electrons. The monoisotopic (exact) mass is 366 g/mol. The zero-order valence-electron chi connectivity index (χ0n) is 14.9. The van der Waals surface area contributed by atoms with Gasteiger partial charge in [0.25, 0.3) is 5.91 Å². The Hall–Kier alpha value is -2.66. The van der Waals surface area contributed by atoms with Crippen molar-refractivity contribution in [3.63, 3.8) is 0 Å². The molecule has 1 amide bonds. The molecule has 1 aromatic carbocycles. The molecule has 0 aliphatic rings. The highest BCUT2D eigenvalue weighted by molar-refractivity contribution is 7.13. The van der Waals surface area contributed by atoms with E-state index in [0.29, 0.717) is 18.2 Å². The first kappa shape index (κ1) is 18.1. The average Bonchev–Trinajstić information content (AvgIpc) is 3.20. The summed E-state index contributed by atoms with van der Waals surface area (Å²) in [7, 11) is 0. The molecule has 0 radical (unpaired) electrons. The van der Waals surface area contributed by atoms with E-state index in [4.69, 9.17) is 4.74 Å². The fraction of sp³-hybridized carbons (Fsp3) is 0.238. The first-order chi connectivity index (χ1) is 12.6. The molecular weight excluding hydrogens is 344 g/mol. The van der Waals surface area contributed by atoms with Gasteiger partial charge in [-0.1, -0.05) is 32.0 Å². The van der Waals surface area contributed by atoms with E-state index in [0.717, 1.165) is 11.1 Å². The second-order valence-electron chi connectivity index (χ2n) is 6.35. The van der Waals surface area contributed by atoms with Crippen LogP contribution in [0.5, 0.6) is 5.75 Å². The summed E-state index contributed by atoms with van der Waals surface area (Å²) >= 11 is 1.67. The Bertz CT molecular complexity index is 843. The molecule has 26 heavy (non-hydrogen) atoms. The summed E-state index contributed by atoms with van der Waals surface area (Å²) in [6, 6.07) is 14.0. The minimum absolute atomic E-state index is 0.000923. The summed E-state index contributed by atoms with van der Waals surface area (Å²) < 4.78 is 5.55. The van der Waals surface area contributed by atoms with E-state index in [2.05, 4.69) is 30.2 Å². The van der Waals surface area contributed by atoms with E-state index in [1.165, 1.54) is 10.4 Å². The molecule has 2 heterocycles. The normalized spacial score (nSPS) is 10.7. The molecule has 0 spiro atoms. The van der Waals surface area contributed by atoms with Crippen LogP contribution in [0.15, 0.2) is 60.2 Å². The number of hydrogen-bond acceptors (Lipinski definition) is 4. The maximum atomic E-state index is 12.0. The molecule has 0 aliphatic heterocycles. The number of pyridine rings is 1. The topological polar surface area (TPSA) is 51.2 Å². The largest absolute Gasteiger partial charge is 0.484 e. The highest BCUT2D eigenvalue weighted by Gasteiger charge is 2.06. The summed E-state index contributed by atoms with van der Waals surface area (Å²) in [5.74, 6) is 1.02. The first-order valence-electron chi connectivity index (χ1n) is 8.59. The smallest absolute Gasteiger partial charge is 0.258 e. The zero-order valence-corrected chi connectivity index (χ0v) is 15.8. The van der Waals surface area contributed by atoms with Crippen molar-refractivity contribution in [3.8, 4) is 16.2 Å². The molecule has 3 aromatic rings. The fourth-order valence-electron chi connectivity index (χ4n) is 2.51. The minimum Gasteiger partial charge on any atom is -0.484 e. The lowest BCUT2D eigenvalue weighted by atomic mass is 10.0. The predicted molar refractivity (Wildman–Crippen MR) is 105 cm³/mol. The van der Waals surface area contributed by atoms with Crippen molar-refractivity contribution in [1.29, 1.82) is 0 Å². The molecule has 0 saturated carbocycles. The summed E-state index contributed by atoms with van der Waals surface area (Å²) in [4.78, 5) is 17.4. The summed E-state index contributed by atoms with van der Waals surface area (Å²) in [5, 5.41) is 4.91. The van der Waals surface area contributed by atoms with Gasteiger partial charge in [-0.05, 0) is 46.7 Å². The highest BCUT2D eigenvalue weighted by atomic mass is 32.1. The Morgan fingerprint density at radius 2 is 2.00 bits per heavy atom. The Balaban J connectivity index is 1.49. The van der Waals surface area contributed by atoms with Crippen LogP contribution in [0.2, 0.25) is 0 Å². The maximum Gasteiger partial charge on any atom is 0.258 e. The summed E-state index contributed by atoms with van der Waals surface area (Å²) in [5.41, 5.74) is 3.28. The number of aromatic nitrogens is 1. The van der Waals surface area contributed by atoms with E-state index in [1.54, 1.807) is 17.5 Å². The van der Waals surface area contributed by atoms with Crippen LogP contribution in [0.3, 0.4) is 0 Å². The van der Waals surface area contributed by atoms with E-state index < -0.39 is 0 Å². The Kier molecular flexibility index (Phi) is 6.02. The second kappa shape index (κ2) is 8.63. The van der Waals surface area contributed by atoms with E-state index >= 15 is 0 Å². The molecule has 0 saturated heterocycles. The number of rotatable bonds is 7. The third-order valence-electron chi connectivity index (χ3n) is 4.01. The van der Waals surface area contributed by atoms with Crippen molar-refractivity contribution >= 4 is 17.2 Å². The minimum atomic E-state index is -0.153. The second-order valence-corrected chi connectivity index (χ2v) is 7.30. The van der Waals surface area contributed by atoms with Crippen LogP contribution >= 0.6 is 11.3 Å². The molecule has 0 unspecified atom stereocenters. The average molecular weight is 366 g/mol. The first-order valence-corrected chi connectivity index (χ1v) is 9.47. The van der Waals surface area contributed by atoms with E-state index in [1.807, 2.05) is 48.0 Å². The van der Waals surface area contributed by atoms with Gasteiger partial charge in [0.05, 0.1) is 0 Å². The number of hydrogen-bond donors (Lipinski definition) is 1. The van der Waals surface area contributed by atoms with E-state index in [-0.39, 0.29) is 12.5 Å². The van der Waals surface area contributed by atoms with Gasteiger partial charge < -0.3 is 10.1 Å². The lowest BCUT2D eigenvalue weighted by molar-refractivity contribution is -0.123. The molecule has 0 atom stereocenters. The molecule has 0 aliphatic carbocycles. The molecule has 5 heteroatoms. The van der Waals surface area contributed by atoms with Crippen molar-refractivity contribution in [2.24, 2.45) is 0 Å². The zero-order chi connectivity index (χ0) is 18.4. The fourth-order valence-corrected chi connectivity index (χ4v) is 3.22. The van der Waals surface area contributed by atoms with Gasteiger partial charge in [0, 0.05) is 29.4 Å². The van der Waals surface area contributed by atoms with Gasteiger partial charge in [-0.2, -0.15) is 0 Å². The quantitative estimate of drug-likeness (QED) is 0.663. The van der Waals surface area contributed by atoms with Gasteiger partial charge in [0.15, 0.2) is 6.61 Å². The van der Waals surface area contributed by atoms with Crippen molar-refractivity contribution in [2.45, 2.75) is 26.3 Å². The summed E-state index contributed by atoms with van der Waals surface area (Å²) in [6.45, 7) is 4.72. The van der Waals surface area contributed by atoms with Gasteiger partial charge in [0.1, 0.15) is 5.75 Å². The van der Waals surface area contributed by atoms with Gasteiger partial charge >= 0.3 is 0 Å². The predicted octanol–water partition coefficient (Wildman–Crippen LogP) is 4.63. The van der Waals surface area contributed by atoms with Gasteiger partial charge in [-0.3, -0.25) is 9.78 Å². The molecule has 2 aromatic heterocycles. The SMILES string of the molecule is CC(C)c1ccc(OCC(=O)NCc2cncc(-c3cccs3)c2)cc1. The lowest BCUT2D eigenvalue weighted by Crippen LogP contribution is -2.28. The third kappa shape index (κ3) is 4.92.